The number of benzene rings is 1. The van der Waals surface area contributed by atoms with E-state index in [9.17, 15) is 4.79 Å². The Hall–Kier alpha value is -3.09. The van der Waals surface area contributed by atoms with Gasteiger partial charge in [0.25, 0.3) is 5.91 Å². The zero-order valence-corrected chi connectivity index (χ0v) is 13.2. The van der Waals surface area contributed by atoms with Crippen LogP contribution in [0.3, 0.4) is 0 Å². The summed E-state index contributed by atoms with van der Waals surface area (Å²) < 4.78 is 5.63. The Labute approximate surface area is 140 Å². The summed E-state index contributed by atoms with van der Waals surface area (Å²) in [5.74, 6) is 1.07. The van der Waals surface area contributed by atoms with Gasteiger partial charge in [-0.2, -0.15) is 0 Å². The van der Waals surface area contributed by atoms with Gasteiger partial charge in [0.1, 0.15) is 11.5 Å². The van der Waals surface area contributed by atoms with Crippen LogP contribution in [0.15, 0.2) is 53.9 Å². The second-order valence-electron chi connectivity index (χ2n) is 5.42. The first-order chi connectivity index (χ1) is 11.7. The highest BCUT2D eigenvalue weighted by atomic mass is 16.5. The minimum absolute atomic E-state index is 0.109. The summed E-state index contributed by atoms with van der Waals surface area (Å²) in [5.41, 5.74) is 6.25. The summed E-state index contributed by atoms with van der Waals surface area (Å²) in [6, 6.07) is 10.4. The molecule has 7 heteroatoms. The number of hydrogen-bond donors (Lipinski definition) is 2. The van der Waals surface area contributed by atoms with Crippen molar-refractivity contribution in [3.05, 3.63) is 54.4 Å². The van der Waals surface area contributed by atoms with E-state index in [1.807, 2.05) is 11.1 Å². The van der Waals surface area contributed by atoms with Gasteiger partial charge >= 0.3 is 0 Å². The van der Waals surface area contributed by atoms with Crippen LogP contribution in [0.1, 0.15) is 23.2 Å². The molecule has 0 radical (unpaired) electrons. The molecule has 2 heterocycles. The number of pyridine rings is 1. The quantitative estimate of drug-likeness (QED) is 0.662. The molecule has 3 N–H and O–H groups in total. The fourth-order valence-corrected chi connectivity index (χ4v) is 2.38. The van der Waals surface area contributed by atoms with Gasteiger partial charge in [-0.3, -0.25) is 20.1 Å². The third kappa shape index (κ3) is 4.22. The molecule has 7 nitrogen and oxygen atoms in total. The molecule has 1 aliphatic heterocycles. The lowest BCUT2D eigenvalue weighted by atomic mass is 10.2. The summed E-state index contributed by atoms with van der Waals surface area (Å²) in [6.07, 6.45) is 5.50. The molecule has 0 aliphatic carbocycles. The number of rotatable bonds is 4. The van der Waals surface area contributed by atoms with Crippen LogP contribution in [0.5, 0.6) is 11.5 Å². The molecule has 0 atom stereocenters. The highest BCUT2D eigenvalue weighted by Crippen LogP contribution is 2.20. The predicted octanol–water partition coefficient (Wildman–Crippen LogP) is 1.93. The predicted molar refractivity (Wildman–Crippen MR) is 90.6 cm³/mol. The summed E-state index contributed by atoms with van der Waals surface area (Å²) >= 11 is 0. The molecule has 0 saturated carbocycles. The second-order valence-corrected chi connectivity index (χ2v) is 5.42. The first kappa shape index (κ1) is 15.8. The van der Waals surface area contributed by atoms with Crippen LogP contribution in [-0.4, -0.2) is 34.9 Å². The monoisotopic (exact) mass is 325 g/mol. The Morgan fingerprint density at radius 2 is 1.92 bits per heavy atom. The van der Waals surface area contributed by atoms with E-state index >= 15 is 0 Å². The summed E-state index contributed by atoms with van der Waals surface area (Å²) in [5, 5.41) is 8.63. The highest BCUT2D eigenvalue weighted by Gasteiger charge is 2.11. The molecule has 0 spiro atoms. The SMILES string of the molecule is NC(=NN1CCCC1)NC(=O)c1ccc(Oc2cccnc2)cc1. The van der Waals surface area contributed by atoms with Crippen LogP contribution in [0, 0.1) is 0 Å². The van der Waals surface area contributed by atoms with Crippen molar-refractivity contribution >= 4 is 11.9 Å². The van der Waals surface area contributed by atoms with Crippen LogP contribution in [-0.2, 0) is 0 Å². The number of nitrogens with two attached hydrogens (primary N) is 1. The zero-order chi connectivity index (χ0) is 16.8. The topological polar surface area (TPSA) is 92.8 Å². The number of nitrogens with one attached hydrogen (secondary N) is 1. The highest BCUT2D eigenvalue weighted by molar-refractivity contribution is 6.05. The maximum absolute atomic E-state index is 12.2. The van der Waals surface area contributed by atoms with E-state index in [1.54, 1.807) is 42.7 Å². The number of carbonyl (C=O) groups excluding carboxylic acids is 1. The van der Waals surface area contributed by atoms with Crippen molar-refractivity contribution in [2.75, 3.05) is 13.1 Å². The van der Waals surface area contributed by atoms with E-state index in [4.69, 9.17) is 10.5 Å². The molecule has 0 bridgehead atoms. The van der Waals surface area contributed by atoms with Gasteiger partial charge < -0.3 is 10.5 Å². The van der Waals surface area contributed by atoms with Crippen molar-refractivity contribution in [1.29, 1.82) is 0 Å². The van der Waals surface area contributed by atoms with Crippen LogP contribution in [0.4, 0.5) is 0 Å². The molecule has 124 valence electrons. The van der Waals surface area contributed by atoms with Crippen LogP contribution < -0.4 is 15.8 Å². The second kappa shape index (κ2) is 7.45. The van der Waals surface area contributed by atoms with E-state index in [-0.39, 0.29) is 11.9 Å². The van der Waals surface area contributed by atoms with Gasteiger partial charge in [0.2, 0.25) is 5.96 Å². The Balaban J connectivity index is 1.59. The van der Waals surface area contributed by atoms with Crippen molar-refractivity contribution in [3.8, 4) is 11.5 Å². The molecule has 0 unspecified atom stereocenters. The maximum atomic E-state index is 12.2. The molecule has 1 aliphatic rings. The van der Waals surface area contributed by atoms with Gasteiger partial charge in [-0.1, -0.05) is 0 Å². The fraction of sp³-hybridized carbons (Fsp3) is 0.235. The molecule has 1 aromatic heterocycles. The zero-order valence-electron chi connectivity index (χ0n) is 13.2. The van der Waals surface area contributed by atoms with Crippen molar-refractivity contribution in [1.82, 2.24) is 15.3 Å². The number of amides is 1. The van der Waals surface area contributed by atoms with Gasteiger partial charge in [-0.25, -0.2) is 0 Å². The first-order valence-electron chi connectivity index (χ1n) is 7.79. The smallest absolute Gasteiger partial charge is 0.257 e. The lowest BCUT2D eigenvalue weighted by Crippen LogP contribution is -2.38. The van der Waals surface area contributed by atoms with Crippen molar-refractivity contribution in [2.45, 2.75) is 12.8 Å². The van der Waals surface area contributed by atoms with Gasteiger partial charge in [0, 0.05) is 24.8 Å². The lowest BCUT2D eigenvalue weighted by Gasteiger charge is -2.12. The fourth-order valence-electron chi connectivity index (χ4n) is 2.38. The van der Waals surface area contributed by atoms with Gasteiger partial charge in [0.05, 0.1) is 6.20 Å². The van der Waals surface area contributed by atoms with E-state index in [2.05, 4.69) is 15.4 Å². The number of aromatic nitrogens is 1. The summed E-state index contributed by atoms with van der Waals surface area (Å²) in [4.78, 5) is 16.1. The van der Waals surface area contributed by atoms with Gasteiger partial charge in [-0.05, 0) is 49.2 Å². The number of hydrogen-bond acceptors (Lipinski definition) is 5. The Morgan fingerprint density at radius 3 is 2.58 bits per heavy atom. The average Bonchev–Trinajstić information content (AvgIpc) is 3.09. The number of hydrazone groups is 1. The molecule has 3 rings (SSSR count). The summed E-state index contributed by atoms with van der Waals surface area (Å²) in [7, 11) is 0. The molecule has 1 fully saturated rings. The van der Waals surface area contributed by atoms with Crippen molar-refractivity contribution in [3.63, 3.8) is 0 Å². The third-order valence-corrected chi connectivity index (χ3v) is 3.56. The van der Waals surface area contributed by atoms with Crippen LogP contribution >= 0.6 is 0 Å². The Morgan fingerprint density at radius 1 is 1.17 bits per heavy atom. The summed E-state index contributed by atoms with van der Waals surface area (Å²) in [6.45, 7) is 1.74. The Bertz CT molecular complexity index is 710. The van der Waals surface area contributed by atoms with E-state index in [1.165, 1.54) is 0 Å². The van der Waals surface area contributed by atoms with Crippen molar-refractivity contribution in [2.24, 2.45) is 10.8 Å². The molecule has 1 amide bonds. The molecule has 1 saturated heterocycles. The van der Waals surface area contributed by atoms with Gasteiger partial charge in [-0.15, -0.1) is 5.10 Å². The largest absolute Gasteiger partial charge is 0.456 e. The van der Waals surface area contributed by atoms with Gasteiger partial charge in [0.15, 0.2) is 0 Å². The minimum atomic E-state index is -0.302. The molecule has 2 aromatic rings. The van der Waals surface area contributed by atoms with Crippen LogP contribution in [0.2, 0.25) is 0 Å². The van der Waals surface area contributed by atoms with E-state index < -0.39 is 0 Å². The normalized spacial score (nSPS) is 14.5. The average molecular weight is 325 g/mol. The molecular formula is C17H19N5O2. The Kier molecular flexibility index (Phi) is 4.90. The van der Waals surface area contributed by atoms with E-state index in [0.29, 0.717) is 17.1 Å². The number of guanidine groups is 1. The first-order valence-corrected chi connectivity index (χ1v) is 7.79. The lowest BCUT2D eigenvalue weighted by molar-refractivity contribution is 0.0976. The maximum Gasteiger partial charge on any atom is 0.257 e. The number of nitrogens with zero attached hydrogens (tertiary/aromatic N) is 3. The van der Waals surface area contributed by atoms with E-state index in [0.717, 1.165) is 25.9 Å². The molecular weight excluding hydrogens is 306 g/mol. The van der Waals surface area contributed by atoms with Crippen molar-refractivity contribution < 1.29 is 9.53 Å². The number of carbonyl (C=O) groups is 1. The third-order valence-electron chi connectivity index (χ3n) is 3.56. The molecule has 24 heavy (non-hydrogen) atoms. The van der Waals surface area contributed by atoms with Crippen LogP contribution in [0.25, 0.3) is 0 Å². The molecule has 1 aromatic carbocycles. The minimum Gasteiger partial charge on any atom is -0.456 e. The number of ether oxygens (including phenoxy) is 1. The standard InChI is InChI=1S/C17H19N5O2/c18-17(21-22-10-1-2-11-22)20-16(23)13-5-7-14(8-6-13)24-15-4-3-9-19-12-15/h3-9,12H,1-2,10-11H2,(H3,18,20,21,23).